The molecule has 0 spiro atoms. The maximum absolute atomic E-state index is 13.3. The number of rotatable bonds is 6. The molecule has 0 radical (unpaired) electrons. The number of carbonyl (C=O) groups excluding carboxylic acids is 2. The van der Waals surface area contributed by atoms with E-state index in [1.165, 1.54) is 7.11 Å². The van der Waals surface area contributed by atoms with Gasteiger partial charge in [-0.1, -0.05) is 12.1 Å². The Morgan fingerprint density at radius 1 is 1.15 bits per heavy atom. The Kier molecular flexibility index (Phi) is 6.22. The first kappa shape index (κ1) is 19.9. The summed E-state index contributed by atoms with van der Waals surface area (Å²) in [6.07, 6.45) is 3.71. The second kappa shape index (κ2) is 8.44. The Balaban J connectivity index is 1.68. The molecule has 1 aromatic rings. The van der Waals surface area contributed by atoms with Crippen molar-refractivity contribution in [1.82, 2.24) is 10.0 Å². The first-order valence-electron chi connectivity index (χ1n) is 9.52. The molecule has 2 heterocycles. The van der Waals surface area contributed by atoms with Gasteiger partial charge in [-0.05, 0) is 43.4 Å². The van der Waals surface area contributed by atoms with Gasteiger partial charge in [0.05, 0.1) is 0 Å². The molecule has 0 saturated carbocycles. The molecule has 148 valence electrons. The van der Waals surface area contributed by atoms with Crippen molar-refractivity contribution in [3.05, 3.63) is 29.8 Å². The topological polar surface area (TPSA) is 92.9 Å². The fourth-order valence-corrected chi connectivity index (χ4v) is 5.88. The highest BCUT2D eigenvalue weighted by atomic mass is 31.2. The fraction of sp³-hybridized carbons (Fsp3) is 0.579. The summed E-state index contributed by atoms with van der Waals surface area (Å²) in [5.41, 5.74) is 7.42. The molecule has 7 nitrogen and oxygen atoms in total. The summed E-state index contributed by atoms with van der Waals surface area (Å²) in [6.45, 7) is 1.15. The van der Waals surface area contributed by atoms with E-state index in [9.17, 15) is 14.2 Å². The minimum Gasteiger partial charge on any atom is -0.399 e. The van der Waals surface area contributed by atoms with Gasteiger partial charge in [0.2, 0.25) is 19.2 Å². The number of nitrogens with two attached hydrogens (primary N) is 1. The van der Waals surface area contributed by atoms with Crippen LogP contribution in [-0.2, 0) is 25.1 Å². The van der Waals surface area contributed by atoms with E-state index in [0.29, 0.717) is 44.2 Å². The Hall–Kier alpha value is -1.85. The summed E-state index contributed by atoms with van der Waals surface area (Å²) in [7, 11) is -1.53. The highest BCUT2D eigenvalue weighted by molar-refractivity contribution is 7.59. The van der Waals surface area contributed by atoms with Crippen molar-refractivity contribution in [1.29, 1.82) is 0 Å². The molecule has 0 aromatic heterocycles. The quantitative estimate of drug-likeness (QED) is 0.592. The van der Waals surface area contributed by atoms with Gasteiger partial charge in [0.1, 0.15) is 0 Å². The maximum atomic E-state index is 13.3. The van der Waals surface area contributed by atoms with Crippen molar-refractivity contribution >= 4 is 24.9 Å². The molecule has 8 heteroatoms. The fourth-order valence-electron chi connectivity index (χ4n) is 3.76. The van der Waals surface area contributed by atoms with E-state index in [1.54, 1.807) is 10.0 Å². The smallest absolute Gasteiger partial charge is 0.244 e. The van der Waals surface area contributed by atoms with Gasteiger partial charge < -0.3 is 10.3 Å². The molecular formula is C19H28N3O4P. The minimum atomic E-state index is -2.98. The lowest BCUT2D eigenvalue weighted by molar-refractivity contribution is -0.166. The molecule has 3 rings (SSSR count). The number of carbonyl (C=O) groups is 2. The van der Waals surface area contributed by atoms with Gasteiger partial charge in [-0.15, -0.1) is 0 Å². The molecule has 27 heavy (non-hydrogen) atoms. The van der Waals surface area contributed by atoms with Gasteiger partial charge in [0, 0.05) is 50.5 Å². The summed E-state index contributed by atoms with van der Waals surface area (Å²) < 4.78 is 18.7. The van der Waals surface area contributed by atoms with Crippen LogP contribution in [0.15, 0.2) is 24.3 Å². The molecule has 2 aliphatic rings. The second-order valence-corrected chi connectivity index (χ2v) is 10.1. The van der Waals surface area contributed by atoms with Crippen LogP contribution in [0, 0.1) is 5.92 Å². The van der Waals surface area contributed by atoms with Crippen molar-refractivity contribution in [3.8, 4) is 0 Å². The van der Waals surface area contributed by atoms with Gasteiger partial charge in [0.25, 0.3) is 0 Å². The predicted molar refractivity (Wildman–Crippen MR) is 104 cm³/mol. The van der Waals surface area contributed by atoms with Gasteiger partial charge >= 0.3 is 0 Å². The number of nitrogen functional groups attached to an aromatic ring is 1. The third-order valence-corrected chi connectivity index (χ3v) is 8.00. The molecule has 2 fully saturated rings. The molecule has 1 unspecified atom stereocenters. The predicted octanol–water partition coefficient (Wildman–Crippen LogP) is 2.51. The van der Waals surface area contributed by atoms with Crippen molar-refractivity contribution in [2.75, 3.05) is 38.3 Å². The molecule has 2 N–H and O–H groups in total. The van der Waals surface area contributed by atoms with Crippen LogP contribution < -0.4 is 5.73 Å². The highest BCUT2D eigenvalue weighted by Gasteiger charge is 2.39. The Bertz CT molecular complexity index is 737. The van der Waals surface area contributed by atoms with E-state index in [2.05, 4.69) is 0 Å². The number of aryl methyl sites for hydroxylation is 1. The van der Waals surface area contributed by atoms with Gasteiger partial charge in [-0.2, -0.15) is 0 Å². The van der Waals surface area contributed by atoms with Crippen LogP contribution in [-0.4, -0.2) is 54.4 Å². The molecule has 2 saturated heterocycles. The van der Waals surface area contributed by atoms with Crippen molar-refractivity contribution < 1.29 is 18.7 Å². The van der Waals surface area contributed by atoms with Gasteiger partial charge in [0.15, 0.2) is 0 Å². The van der Waals surface area contributed by atoms with E-state index in [4.69, 9.17) is 10.3 Å². The zero-order valence-electron chi connectivity index (χ0n) is 15.8. The number of hydrogen-bond donors (Lipinski definition) is 1. The first-order valence-corrected chi connectivity index (χ1v) is 11.5. The van der Waals surface area contributed by atoms with Gasteiger partial charge in [-0.3, -0.25) is 24.2 Å². The third-order valence-electron chi connectivity index (χ3n) is 5.43. The van der Waals surface area contributed by atoms with E-state index >= 15 is 0 Å². The van der Waals surface area contributed by atoms with Crippen molar-refractivity contribution in [2.45, 2.75) is 32.1 Å². The molecule has 1 aromatic carbocycles. The number of hydrazine groups is 1. The van der Waals surface area contributed by atoms with E-state index in [0.717, 1.165) is 18.4 Å². The molecule has 0 aliphatic carbocycles. The van der Waals surface area contributed by atoms with Crippen LogP contribution in [0.2, 0.25) is 0 Å². The number of hydrogen-bond acceptors (Lipinski definition) is 5. The highest BCUT2D eigenvalue weighted by Crippen LogP contribution is 2.49. The average Bonchev–Trinajstić information content (AvgIpc) is 2.80. The van der Waals surface area contributed by atoms with Crippen LogP contribution in [0.1, 0.15) is 31.2 Å². The third kappa shape index (κ3) is 4.71. The Morgan fingerprint density at radius 3 is 2.48 bits per heavy atom. The zero-order chi connectivity index (χ0) is 19.4. The molecule has 2 aliphatic heterocycles. The van der Waals surface area contributed by atoms with E-state index in [1.807, 2.05) is 24.3 Å². The summed E-state index contributed by atoms with van der Waals surface area (Å²) in [5.74, 6) is -0.542. The Labute approximate surface area is 160 Å². The second-order valence-electron chi connectivity index (χ2n) is 7.32. The number of fused-ring (bicyclic) bond motifs is 1. The SMILES string of the molecule is COP(=O)(CCc1ccc(N)cc1)C[C@H]1CCC(=O)N2CCCCN2C1=O. The standard InChI is InChI=1S/C19H28N3O4P/c1-26-27(25,13-10-15-4-7-17(20)8-5-15)14-16-6-9-18(23)21-11-2-3-12-22(21)19(16)24/h4-5,7-8,16H,2-3,6,9-14,20H2,1H3/t16-,27?/m1/s1. The minimum absolute atomic E-state index is 0.0142. The van der Waals surface area contributed by atoms with Crippen LogP contribution in [0.25, 0.3) is 0 Å². The van der Waals surface area contributed by atoms with Crippen LogP contribution in [0.3, 0.4) is 0 Å². The lowest BCUT2D eigenvalue weighted by Crippen LogP contribution is -2.53. The normalized spacial score (nSPS) is 22.9. The molecule has 2 amide bonds. The molecular weight excluding hydrogens is 365 g/mol. The number of amides is 2. The average molecular weight is 393 g/mol. The zero-order valence-corrected chi connectivity index (χ0v) is 16.7. The monoisotopic (exact) mass is 393 g/mol. The van der Waals surface area contributed by atoms with Crippen molar-refractivity contribution in [2.24, 2.45) is 5.92 Å². The number of nitrogens with zero attached hydrogens (tertiary/aromatic N) is 2. The van der Waals surface area contributed by atoms with Crippen molar-refractivity contribution in [3.63, 3.8) is 0 Å². The summed E-state index contributed by atoms with van der Waals surface area (Å²) in [4.78, 5) is 25.3. The summed E-state index contributed by atoms with van der Waals surface area (Å²) >= 11 is 0. The summed E-state index contributed by atoms with van der Waals surface area (Å²) in [6, 6.07) is 7.46. The van der Waals surface area contributed by atoms with E-state index < -0.39 is 13.3 Å². The van der Waals surface area contributed by atoms with Gasteiger partial charge in [-0.25, -0.2) is 0 Å². The maximum Gasteiger partial charge on any atom is 0.244 e. The lowest BCUT2D eigenvalue weighted by atomic mass is 10.1. The van der Waals surface area contributed by atoms with E-state index in [-0.39, 0.29) is 18.0 Å². The molecule has 0 bridgehead atoms. The Morgan fingerprint density at radius 2 is 1.81 bits per heavy atom. The lowest BCUT2D eigenvalue weighted by Gasteiger charge is -2.38. The number of benzene rings is 1. The van der Waals surface area contributed by atoms with Crippen LogP contribution in [0.4, 0.5) is 5.69 Å². The largest absolute Gasteiger partial charge is 0.399 e. The summed E-state index contributed by atoms with van der Waals surface area (Å²) in [5, 5.41) is 3.15. The van der Waals surface area contributed by atoms with Crippen LogP contribution >= 0.6 is 7.37 Å². The number of anilines is 1. The molecule has 2 atom stereocenters. The van der Waals surface area contributed by atoms with Crippen LogP contribution in [0.5, 0.6) is 0 Å². The first-order chi connectivity index (χ1) is 12.9.